The Balaban J connectivity index is 2.60. The van der Waals surface area contributed by atoms with Crippen molar-refractivity contribution in [3.63, 3.8) is 0 Å². The first-order valence-electron chi connectivity index (χ1n) is 7.10. The van der Waals surface area contributed by atoms with Gasteiger partial charge in [0.15, 0.2) is 0 Å². The number of hydrogen-bond acceptors (Lipinski definition) is 1. The standard InChI is InChI=1S/C17H28FN/c1-13(11-14-9-7-8-10-15(14)18)19-17(5,6)12-16(2,3)4/h7-10,13,19H,11-12H2,1-6H3. The molecule has 0 spiro atoms. The third-order valence-electron chi connectivity index (χ3n) is 3.09. The lowest BCUT2D eigenvalue weighted by atomic mass is 9.81. The van der Waals surface area contributed by atoms with Crippen LogP contribution in [0.5, 0.6) is 0 Å². The molecule has 1 atom stereocenters. The molecule has 1 aromatic rings. The summed E-state index contributed by atoms with van der Waals surface area (Å²) in [6, 6.07) is 7.28. The zero-order chi connectivity index (χ0) is 14.7. The van der Waals surface area contributed by atoms with E-state index in [9.17, 15) is 4.39 Å². The monoisotopic (exact) mass is 265 g/mol. The van der Waals surface area contributed by atoms with Gasteiger partial charge in [-0.2, -0.15) is 0 Å². The van der Waals surface area contributed by atoms with E-state index in [-0.39, 0.29) is 22.8 Å². The molecule has 19 heavy (non-hydrogen) atoms. The highest BCUT2D eigenvalue weighted by Crippen LogP contribution is 2.27. The molecule has 0 saturated heterocycles. The van der Waals surface area contributed by atoms with E-state index in [0.29, 0.717) is 0 Å². The van der Waals surface area contributed by atoms with Gasteiger partial charge in [0.2, 0.25) is 0 Å². The van der Waals surface area contributed by atoms with Gasteiger partial charge >= 0.3 is 0 Å². The average molecular weight is 265 g/mol. The van der Waals surface area contributed by atoms with Crippen molar-refractivity contribution < 1.29 is 4.39 Å². The van der Waals surface area contributed by atoms with Gasteiger partial charge in [0.05, 0.1) is 0 Å². The largest absolute Gasteiger partial charge is 0.309 e. The quantitative estimate of drug-likeness (QED) is 0.823. The normalized spacial score (nSPS) is 14.5. The first kappa shape index (κ1) is 16.2. The maximum absolute atomic E-state index is 13.6. The molecule has 1 nitrogen and oxygen atoms in total. The van der Waals surface area contributed by atoms with Crippen LogP contribution in [-0.4, -0.2) is 11.6 Å². The highest BCUT2D eigenvalue weighted by Gasteiger charge is 2.26. The number of nitrogens with one attached hydrogen (secondary N) is 1. The van der Waals surface area contributed by atoms with E-state index in [0.717, 1.165) is 18.4 Å². The summed E-state index contributed by atoms with van der Waals surface area (Å²) in [6.45, 7) is 13.3. The van der Waals surface area contributed by atoms with Gasteiger partial charge in [-0.05, 0) is 50.7 Å². The van der Waals surface area contributed by atoms with Crippen LogP contribution in [0.1, 0.15) is 53.5 Å². The van der Waals surface area contributed by atoms with Gasteiger partial charge in [0.1, 0.15) is 5.82 Å². The van der Waals surface area contributed by atoms with Crippen molar-refractivity contribution in [2.45, 2.75) is 66.0 Å². The van der Waals surface area contributed by atoms with E-state index < -0.39 is 0 Å². The maximum Gasteiger partial charge on any atom is 0.126 e. The minimum atomic E-state index is -0.107. The molecule has 0 saturated carbocycles. The van der Waals surface area contributed by atoms with Gasteiger partial charge in [-0.25, -0.2) is 4.39 Å². The van der Waals surface area contributed by atoms with Crippen molar-refractivity contribution in [1.82, 2.24) is 5.32 Å². The van der Waals surface area contributed by atoms with Crippen LogP contribution in [0.15, 0.2) is 24.3 Å². The first-order chi connectivity index (χ1) is 8.59. The fraction of sp³-hybridized carbons (Fsp3) is 0.647. The minimum absolute atomic E-state index is 0.0585. The van der Waals surface area contributed by atoms with Gasteiger partial charge in [0.25, 0.3) is 0 Å². The van der Waals surface area contributed by atoms with E-state index in [1.807, 2.05) is 12.1 Å². The van der Waals surface area contributed by atoms with E-state index in [1.165, 1.54) is 6.07 Å². The number of hydrogen-bond donors (Lipinski definition) is 1. The smallest absolute Gasteiger partial charge is 0.126 e. The molecular formula is C17H28FN. The van der Waals surface area contributed by atoms with Crippen molar-refractivity contribution in [3.8, 4) is 0 Å². The Morgan fingerprint density at radius 1 is 1.11 bits per heavy atom. The summed E-state index contributed by atoms with van der Waals surface area (Å²) in [5.41, 5.74) is 1.13. The van der Waals surface area contributed by atoms with Gasteiger partial charge in [0, 0.05) is 11.6 Å². The molecule has 0 aromatic heterocycles. The van der Waals surface area contributed by atoms with Crippen LogP contribution in [0.4, 0.5) is 4.39 Å². The third-order valence-corrected chi connectivity index (χ3v) is 3.09. The van der Waals surface area contributed by atoms with Crippen molar-refractivity contribution in [1.29, 1.82) is 0 Å². The molecule has 1 rings (SSSR count). The molecule has 1 N–H and O–H groups in total. The summed E-state index contributed by atoms with van der Waals surface area (Å²) in [5, 5.41) is 3.62. The van der Waals surface area contributed by atoms with E-state index >= 15 is 0 Å². The van der Waals surface area contributed by atoms with Crippen molar-refractivity contribution in [2.75, 3.05) is 0 Å². The second kappa shape index (κ2) is 6.04. The van der Waals surface area contributed by atoms with Crippen LogP contribution < -0.4 is 5.32 Å². The van der Waals surface area contributed by atoms with Crippen LogP contribution in [0.25, 0.3) is 0 Å². The molecule has 1 aromatic carbocycles. The Bertz CT molecular complexity index is 404. The average Bonchev–Trinajstić information content (AvgIpc) is 2.16. The number of halogens is 1. The topological polar surface area (TPSA) is 12.0 Å². The molecule has 0 amide bonds. The molecule has 0 aliphatic heterocycles. The van der Waals surface area contributed by atoms with Crippen LogP contribution in [0, 0.1) is 11.2 Å². The molecule has 108 valence electrons. The number of rotatable bonds is 5. The maximum atomic E-state index is 13.6. The Labute approximate surface area is 117 Å². The van der Waals surface area contributed by atoms with E-state index in [1.54, 1.807) is 6.07 Å². The summed E-state index contributed by atoms with van der Waals surface area (Å²) >= 11 is 0. The summed E-state index contributed by atoms with van der Waals surface area (Å²) in [5.74, 6) is -0.107. The Morgan fingerprint density at radius 2 is 1.68 bits per heavy atom. The highest BCUT2D eigenvalue weighted by molar-refractivity contribution is 5.18. The summed E-state index contributed by atoms with van der Waals surface area (Å²) < 4.78 is 13.6. The second-order valence-corrected chi connectivity index (χ2v) is 7.46. The fourth-order valence-electron chi connectivity index (χ4n) is 3.09. The molecule has 0 heterocycles. The van der Waals surface area contributed by atoms with Crippen molar-refractivity contribution in [2.24, 2.45) is 5.41 Å². The molecule has 0 bridgehead atoms. The lowest BCUT2D eigenvalue weighted by Gasteiger charge is -2.36. The van der Waals surface area contributed by atoms with Gasteiger partial charge in [-0.3, -0.25) is 0 Å². The van der Waals surface area contributed by atoms with Crippen LogP contribution in [0.3, 0.4) is 0 Å². The molecule has 0 radical (unpaired) electrons. The zero-order valence-electron chi connectivity index (χ0n) is 13.2. The molecule has 2 heteroatoms. The van der Waals surface area contributed by atoms with Crippen molar-refractivity contribution >= 4 is 0 Å². The van der Waals surface area contributed by atoms with Crippen LogP contribution in [0.2, 0.25) is 0 Å². The van der Waals surface area contributed by atoms with E-state index in [4.69, 9.17) is 0 Å². The molecular weight excluding hydrogens is 237 g/mol. The zero-order valence-corrected chi connectivity index (χ0v) is 13.2. The minimum Gasteiger partial charge on any atom is -0.309 e. The summed E-state index contributed by atoms with van der Waals surface area (Å²) in [4.78, 5) is 0. The molecule has 0 aliphatic rings. The molecule has 0 aliphatic carbocycles. The van der Waals surface area contributed by atoms with Gasteiger partial charge < -0.3 is 5.32 Å². The van der Waals surface area contributed by atoms with Gasteiger partial charge in [-0.15, -0.1) is 0 Å². The Hall–Kier alpha value is -0.890. The van der Waals surface area contributed by atoms with E-state index in [2.05, 4.69) is 46.9 Å². The SMILES string of the molecule is CC(Cc1ccccc1F)NC(C)(C)CC(C)(C)C. The third kappa shape index (κ3) is 6.20. The molecule has 1 unspecified atom stereocenters. The lowest BCUT2D eigenvalue weighted by Crippen LogP contribution is -2.47. The lowest BCUT2D eigenvalue weighted by molar-refractivity contribution is 0.225. The van der Waals surface area contributed by atoms with Crippen molar-refractivity contribution in [3.05, 3.63) is 35.6 Å². The van der Waals surface area contributed by atoms with Crippen LogP contribution >= 0.6 is 0 Å². The first-order valence-corrected chi connectivity index (χ1v) is 7.10. The predicted molar refractivity (Wildman–Crippen MR) is 80.9 cm³/mol. The second-order valence-electron chi connectivity index (χ2n) is 7.46. The summed E-state index contributed by atoms with van der Waals surface area (Å²) in [6.07, 6.45) is 1.81. The predicted octanol–water partition coefficient (Wildman–Crippen LogP) is 4.56. The number of benzene rings is 1. The summed E-state index contributed by atoms with van der Waals surface area (Å²) in [7, 11) is 0. The van der Waals surface area contributed by atoms with Gasteiger partial charge in [-0.1, -0.05) is 39.0 Å². The Morgan fingerprint density at radius 3 is 2.21 bits per heavy atom. The highest BCUT2D eigenvalue weighted by atomic mass is 19.1. The fourth-order valence-corrected chi connectivity index (χ4v) is 3.09. The molecule has 0 fully saturated rings. The Kier molecular flexibility index (Phi) is 5.14. The van der Waals surface area contributed by atoms with Crippen LogP contribution in [-0.2, 0) is 6.42 Å².